The van der Waals surface area contributed by atoms with Gasteiger partial charge in [-0.15, -0.1) is 0 Å². The summed E-state index contributed by atoms with van der Waals surface area (Å²) in [4.78, 5) is 12.9. The summed E-state index contributed by atoms with van der Waals surface area (Å²) in [6.07, 6.45) is 3.87. The van der Waals surface area contributed by atoms with Crippen LogP contribution in [0.2, 0.25) is 0 Å². The van der Waals surface area contributed by atoms with Crippen LogP contribution < -0.4 is 4.90 Å². The number of anilines is 1. The summed E-state index contributed by atoms with van der Waals surface area (Å²) >= 11 is 3.58. The number of benzene rings is 1. The maximum absolute atomic E-state index is 4.45. The summed E-state index contributed by atoms with van der Waals surface area (Å²) in [7, 11) is 2.06. The standard InChI is InChI=1S/C18H22BrN5/c1-13-9-14(19)10-17-16(13)11-15(21-17)12-23-5-7-24(8-6-23)18-20-3-4-22(18)2/h3-4,9-11,21H,5-8,12H2,1-2H3. The lowest BCUT2D eigenvalue weighted by Gasteiger charge is -2.35. The molecular weight excluding hydrogens is 366 g/mol. The Balaban J connectivity index is 1.44. The first kappa shape index (κ1) is 15.7. The molecule has 0 spiro atoms. The number of imidazole rings is 1. The minimum Gasteiger partial charge on any atom is -0.357 e. The fraction of sp³-hybridized carbons (Fsp3) is 0.389. The quantitative estimate of drug-likeness (QED) is 0.749. The average Bonchev–Trinajstić information content (AvgIpc) is 3.14. The van der Waals surface area contributed by atoms with Crippen LogP contribution in [0.5, 0.6) is 0 Å². The number of aromatic amines is 1. The van der Waals surface area contributed by atoms with Gasteiger partial charge in [0, 0.05) is 73.2 Å². The molecule has 6 heteroatoms. The Morgan fingerprint density at radius 3 is 2.67 bits per heavy atom. The Kier molecular flexibility index (Phi) is 4.10. The molecule has 0 amide bonds. The molecule has 1 aliphatic rings. The molecule has 2 aromatic heterocycles. The molecule has 0 radical (unpaired) electrons. The molecule has 4 rings (SSSR count). The third kappa shape index (κ3) is 2.96. The molecule has 3 heterocycles. The Bertz CT molecular complexity index is 858. The lowest BCUT2D eigenvalue weighted by molar-refractivity contribution is 0.246. The van der Waals surface area contributed by atoms with Crippen LogP contribution in [0.15, 0.2) is 35.1 Å². The zero-order chi connectivity index (χ0) is 16.7. The SMILES string of the molecule is Cc1cc(Br)cc2[nH]c(CN3CCN(c4nccn4C)CC3)cc12. The Hall–Kier alpha value is -1.79. The molecular formula is C18H22BrN5. The van der Waals surface area contributed by atoms with E-state index in [9.17, 15) is 0 Å². The van der Waals surface area contributed by atoms with Crippen molar-refractivity contribution in [1.82, 2.24) is 19.4 Å². The molecule has 24 heavy (non-hydrogen) atoms. The highest BCUT2D eigenvalue weighted by molar-refractivity contribution is 9.10. The largest absolute Gasteiger partial charge is 0.357 e. The van der Waals surface area contributed by atoms with Crippen LogP contribution in [0.3, 0.4) is 0 Å². The number of aryl methyl sites for hydroxylation is 2. The summed E-state index contributed by atoms with van der Waals surface area (Å²) in [5.74, 6) is 1.07. The Morgan fingerprint density at radius 2 is 1.96 bits per heavy atom. The van der Waals surface area contributed by atoms with Crippen LogP contribution in [-0.4, -0.2) is 45.6 Å². The molecule has 0 atom stereocenters. The molecule has 0 saturated carbocycles. The maximum Gasteiger partial charge on any atom is 0.205 e. The molecule has 0 unspecified atom stereocenters. The highest BCUT2D eigenvalue weighted by atomic mass is 79.9. The van der Waals surface area contributed by atoms with Crippen LogP contribution in [0.1, 0.15) is 11.3 Å². The summed E-state index contributed by atoms with van der Waals surface area (Å²) in [5.41, 5.74) is 3.81. The number of H-pyrrole nitrogens is 1. The summed E-state index contributed by atoms with van der Waals surface area (Å²) in [6.45, 7) is 7.30. The predicted molar refractivity (Wildman–Crippen MR) is 101 cm³/mol. The fourth-order valence-corrected chi connectivity index (χ4v) is 4.10. The monoisotopic (exact) mass is 387 g/mol. The van der Waals surface area contributed by atoms with Gasteiger partial charge in [-0.1, -0.05) is 15.9 Å². The Labute approximate surface area is 150 Å². The normalized spacial score (nSPS) is 16.2. The van der Waals surface area contributed by atoms with Crippen LogP contribution in [0.25, 0.3) is 10.9 Å². The van der Waals surface area contributed by atoms with Gasteiger partial charge < -0.3 is 14.5 Å². The van der Waals surface area contributed by atoms with Gasteiger partial charge in [-0.25, -0.2) is 4.98 Å². The third-order valence-electron chi connectivity index (χ3n) is 4.81. The first-order chi connectivity index (χ1) is 11.6. The van der Waals surface area contributed by atoms with Gasteiger partial charge >= 0.3 is 0 Å². The molecule has 1 aromatic carbocycles. The van der Waals surface area contributed by atoms with E-state index < -0.39 is 0 Å². The number of rotatable bonds is 3. The van der Waals surface area contributed by atoms with E-state index in [0.717, 1.165) is 43.1 Å². The van der Waals surface area contributed by atoms with Gasteiger partial charge in [-0.2, -0.15) is 0 Å². The van der Waals surface area contributed by atoms with Crippen molar-refractivity contribution in [3.8, 4) is 0 Å². The van der Waals surface area contributed by atoms with Gasteiger partial charge in [-0.3, -0.25) is 4.90 Å². The number of nitrogens with zero attached hydrogens (tertiary/aromatic N) is 4. The van der Waals surface area contributed by atoms with Crippen molar-refractivity contribution in [2.75, 3.05) is 31.1 Å². The predicted octanol–water partition coefficient (Wildman–Crippen LogP) is 3.29. The van der Waals surface area contributed by atoms with Crippen molar-refractivity contribution in [2.45, 2.75) is 13.5 Å². The molecule has 5 nitrogen and oxygen atoms in total. The highest BCUT2D eigenvalue weighted by Gasteiger charge is 2.20. The first-order valence-corrected chi connectivity index (χ1v) is 9.12. The average molecular weight is 388 g/mol. The van der Waals surface area contributed by atoms with E-state index in [1.54, 1.807) is 0 Å². The first-order valence-electron chi connectivity index (χ1n) is 8.32. The molecule has 1 aliphatic heterocycles. The number of nitrogens with one attached hydrogen (secondary N) is 1. The number of hydrogen-bond acceptors (Lipinski definition) is 3. The van der Waals surface area contributed by atoms with Crippen molar-refractivity contribution < 1.29 is 0 Å². The Morgan fingerprint density at radius 1 is 1.17 bits per heavy atom. The van der Waals surface area contributed by atoms with Crippen molar-refractivity contribution in [2.24, 2.45) is 7.05 Å². The second kappa shape index (κ2) is 6.26. The number of aromatic nitrogens is 3. The minimum absolute atomic E-state index is 0.972. The van der Waals surface area contributed by atoms with Gasteiger partial charge in [0.1, 0.15) is 0 Å². The van der Waals surface area contributed by atoms with Crippen LogP contribution in [0.4, 0.5) is 5.95 Å². The second-order valence-corrected chi connectivity index (χ2v) is 7.50. The minimum atomic E-state index is 0.972. The van der Waals surface area contributed by atoms with Gasteiger partial charge in [0.25, 0.3) is 0 Å². The smallest absolute Gasteiger partial charge is 0.205 e. The van der Waals surface area contributed by atoms with E-state index in [2.05, 4.69) is 72.4 Å². The molecule has 1 N–H and O–H groups in total. The molecule has 126 valence electrons. The van der Waals surface area contributed by atoms with Crippen molar-refractivity contribution in [3.63, 3.8) is 0 Å². The van der Waals surface area contributed by atoms with E-state index in [-0.39, 0.29) is 0 Å². The van der Waals surface area contributed by atoms with Crippen molar-refractivity contribution >= 4 is 32.8 Å². The van der Waals surface area contributed by atoms with Crippen LogP contribution in [-0.2, 0) is 13.6 Å². The lowest BCUT2D eigenvalue weighted by Crippen LogP contribution is -2.46. The molecule has 0 aliphatic carbocycles. The van der Waals surface area contributed by atoms with E-state index in [4.69, 9.17) is 0 Å². The van der Waals surface area contributed by atoms with Gasteiger partial charge in [0.2, 0.25) is 5.95 Å². The second-order valence-electron chi connectivity index (χ2n) is 6.58. The summed E-state index contributed by atoms with van der Waals surface area (Å²) in [6, 6.07) is 6.62. The van der Waals surface area contributed by atoms with E-state index in [1.165, 1.54) is 22.2 Å². The fourth-order valence-electron chi connectivity index (χ4n) is 3.53. The number of halogens is 1. The molecule has 0 bridgehead atoms. The van der Waals surface area contributed by atoms with E-state index in [1.807, 2.05) is 12.4 Å². The van der Waals surface area contributed by atoms with E-state index in [0.29, 0.717) is 0 Å². The van der Waals surface area contributed by atoms with Crippen molar-refractivity contribution in [3.05, 3.63) is 46.3 Å². The maximum atomic E-state index is 4.45. The van der Waals surface area contributed by atoms with Gasteiger partial charge in [0.15, 0.2) is 0 Å². The number of fused-ring (bicyclic) bond motifs is 1. The number of hydrogen-bond donors (Lipinski definition) is 1. The lowest BCUT2D eigenvalue weighted by atomic mass is 10.1. The van der Waals surface area contributed by atoms with Crippen LogP contribution >= 0.6 is 15.9 Å². The molecule has 3 aromatic rings. The van der Waals surface area contributed by atoms with Gasteiger partial charge in [0.05, 0.1) is 0 Å². The van der Waals surface area contributed by atoms with Crippen LogP contribution in [0, 0.1) is 6.92 Å². The van der Waals surface area contributed by atoms with Crippen molar-refractivity contribution in [1.29, 1.82) is 0 Å². The summed E-state index contributed by atoms with van der Waals surface area (Å²) in [5, 5.41) is 1.32. The topological polar surface area (TPSA) is 40.1 Å². The molecule has 1 saturated heterocycles. The molecule has 1 fully saturated rings. The number of piperazine rings is 1. The van der Waals surface area contributed by atoms with Gasteiger partial charge in [-0.05, 0) is 30.7 Å². The highest BCUT2D eigenvalue weighted by Crippen LogP contribution is 2.25. The zero-order valence-corrected chi connectivity index (χ0v) is 15.7. The zero-order valence-electron chi connectivity index (χ0n) is 14.1. The van der Waals surface area contributed by atoms with E-state index >= 15 is 0 Å². The third-order valence-corrected chi connectivity index (χ3v) is 5.27. The summed E-state index contributed by atoms with van der Waals surface area (Å²) < 4.78 is 3.22.